The van der Waals surface area contributed by atoms with Crippen LogP contribution in [-0.4, -0.2) is 61.0 Å². The lowest BCUT2D eigenvalue weighted by atomic mass is 9.98. The molecule has 148 valence electrons. The Kier molecular flexibility index (Phi) is 5.26. The van der Waals surface area contributed by atoms with Crippen LogP contribution in [0.3, 0.4) is 0 Å². The molecular formula is C21H24N2O4S. The molecule has 1 saturated heterocycles. The highest BCUT2D eigenvalue weighted by Gasteiger charge is 2.29. The molecule has 0 spiro atoms. The van der Waals surface area contributed by atoms with Crippen LogP contribution in [0.2, 0.25) is 0 Å². The number of carbonyl (C=O) groups is 2. The number of fused-ring (bicyclic) bond motifs is 1. The second-order valence-corrected chi connectivity index (χ2v) is 8.44. The lowest BCUT2D eigenvalue weighted by Gasteiger charge is -2.36. The third-order valence-electron chi connectivity index (χ3n) is 5.27. The van der Waals surface area contributed by atoms with Crippen LogP contribution in [-0.2, 0) is 4.79 Å². The molecule has 1 atom stereocenters. The fraction of sp³-hybridized carbons (Fsp3) is 0.429. The van der Waals surface area contributed by atoms with E-state index in [0.717, 1.165) is 21.1 Å². The molecule has 6 nitrogen and oxygen atoms in total. The third-order valence-corrected chi connectivity index (χ3v) is 6.26. The van der Waals surface area contributed by atoms with Gasteiger partial charge in [0.1, 0.15) is 13.2 Å². The Morgan fingerprint density at radius 3 is 2.32 bits per heavy atom. The Balaban J connectivity index is 1.37. The Morgan fingerprint density at radius 1 is 0.964 bits per heavy atom. The van der Waals surface area contributed by atoms with Gasteiger partial charge in [0.05, 0.1) is 10.8 Å². The first-order valence-corrected chi connectivity index (χ1v) is 10.4. The van der Waals surface area contributed by atoms with Crippen molar-refractivity contribution in [1.29, 1.82) is 0 Å². The van der Waals surface area contributed by atoms with Crippen molar-refractivity contribution in [2.75, 3.05) is 39.4 Å². The van der Waals surface area contributed by atoms with E-state index in [1.165, 1.54) is 11.3 Å². The molecule has 0 saturated carbocycles. The number of carbonyl (C=O) groups excluding carboxylic acids is 2. The summed E-state index contributed by atoms with van der Waals surface area (Å²) in [6, 6.07) is 9.54. The molecular weight excluding hydrogens is 376 g/mol. The van der Waals surface area contributed by atoms with Crippen LogP contribution >= 0.6 is 11.3 Å². The largest absolute Gasteiger partial charge is 0.486 e. The summed E-state index contributed by atoms with van der Waals surface area (Å²) in [6.45, 7) is 7.24. The summed E-state index contributed by atoms with van der Waals surface area (Å²) < 4.78 is 11.2. The van der Waals surface area contributed by atoms with Crippen LogP contribution in [0.1, 0.15) is 33.0 Å². The Morgan fingerprint density at radius 2 is 1.64 bits per heavy atom. The average molecular weight is 401 g/mol. The quantitative estimate of drug-likeness (QED) is 0.795. The molecule has 0 aliphatic carbocycles. The molecule has 1 aromatic carbocycles. The smallest absolute Gasteiger partial charge is 0.264 e. The highest BCUT2D eigenvalue weighted by atomic mass is 32.1. The number of ether oxygens (including phenoxy) is 2. The predicted molar refractivity (Wildman–Crippen MR) is 107 cm³/mol. The SMILES string of the molecule is Cc1ccc(C(=O)N2CCN(C(=O)C(C)c3ccc4c(c3)OCCO4)CC2)s1. The van der Waals surface area contributed by atoms with Crippen molar-refractivity contribution in [3.8, 4) is 11.5 Å². The van der Waals surface area contributed by atoms with E-state index < -0.39 is 0 Å². The molecule has 3 heterocycles. The third kappa shape index (κ3) is 3.71. The normalized spacial score (nSPS) is 17.4. The van der Waals surface area contributed by atoms with Crippen molar-refractivity contribution in [3.63, 3.8) is 0 Å². The number of rotatable bonds is 3. The number of benzene rings is 1. The highest BCUT2D eigenvalue weighted by molar-refractivity contribution is 7.13. The molecule has 1 aromatic heterocycles. The molecule has 1 unspecified atom stereocenters. The number of piperazine rings is 1. The maximum atomic E-state index is 13.0. The molecule has 2 aliphatic rings. The van der Waals surface area contributed by atoms with Gasteiger partial charge in [0.2, 0.25) is 5.91 Å². The van der Waals surface area contributed by atoms with Crippen molar-refractivity contribution in [1.82, 2.24) is 9.80 Å². The topological polar surface area (TPSA) is 59.1 Å². The van der Waals surface area contributed by atoms with E-state index in [-0.39, 0.29) is 17.7 Å². The van der Waals surface area contributed by atoms with Gasteiger partial charge in [-0.15, -0.1) is 11.3 Å². The molecule has 2 aromatic rings. The minimum atomic E-state index is -0.266. The van der Waals surface area contributed by atoms with E-state index in [2.05, 4.69) is 0 Å². The van der Waals surface area contributed by atoms with E-state index in [1.54, 1.807) is 0 Å². The van der Waals surface area contributed by atoms with E-state index in [0.29, 0.717) is 45.1 Å². The maximum Gasteiger partial charge on any atom is 0.264 e. The molecule has 7 heteroatoms. The van der Waals surface area contributed by atoms with Crippen LogP contribution in [0.4, 0.5) is 0 Å². The van der Waals surface area contributed by atoms with Crippen molar-refractivity contribution in [2.24, 2.45) is 0 Å². The first-order valence-electron chi connectivity index (χ1n) is 9.57. The van der Waals surface area contributed by atoms with E-state index in [1.807, 2.05) is 54.0 Å². The first-order chi connectivity index (χ1) is 13.5. The van der Waals surface area contributed by atoms with Crippen molar-refractivity contribution in [3.05, 3.63) is 45.6 Å². The molecule has 2 amide bonds. The summed E-state index contributed by atoms with van der Waals surface area (Å²) >= 11 is 1.52. The zero-order valence-electron chi connectivity index (χ0n) is 16.1. The van der Waals surface area contributed by atoms with Gasteiger partial charge in [-0.25, -0.2) is 0 Å². The van der Waals surface area contributed by atoms with Gasteiger partial charge in [-0.1, -0.05) is 6.07 Å². The second kappa shape index (κ2) is 7.83. The second-order valence-electron chi connectivity index (χ2n) is 7.15. The highest BCUT2D eigenvalue weighted by Crippen LogP contribution is 2.33. The van der Waals surface area contributed by atoms with Crippen LogP contribution < -0.4 is 9.47 Å². The van der Waals surface area contributed by atoms with E-state index in [4.69, 9.17) is 9.47 Å². The maximum absolute atomic E-state index is 13.0. The monoisotopic (exact) mass is 400 g/mol. The minimum absolute atomic E-state index is 0.0603. The van der Waals surface area contributed by atoms with Crippen LogP contribution in [0.5, 0.6) is 11.5 Å². The number of hydrogen-bond donors (Lipinski definition) is 0. The fourth-order valence-electron chi connectivity index (χ4n) is 3.58. The Bertz CT molecular complexity index is 886. The summed E-state index contributed by atoms with van der Waals surface area (Å²) in [5.74, 6) is 1.30. The molecule has 0 radical (unpaired) electrons. The van der Waals surface area contributed by atoms with Crippen molar-refractivity contribution < 1.29 is 19.1 Å². The fourth-order valence-corrected chi connectivity index (χ4v) is 4.42. The summed E-state index contributed by atoms with van der Waals surface area (Å²) in [6.07, 6.45) is 0. The Hall–Kier alpha value is -2.54. The number of amides is 2. The zero-order chi connectivity index (χ0) is 19.7. The Labute approximate surface area is 168 Å². The number of hydrogen-bond acceptors (Lipinski definition) is 5. The molecule has 0 bridgehead atoms. The van der Waals surface area contributed by atoms with Gasteiger partial charge >= 0.3 is 0 Å². The van der Waals surface area contributed by atoms with Gasteiger partial charge in [0.15, 0.2) is 11.5 Å². The van der Waals surface area contributed by atoms with Gasteiger partial charge in [-0.3, -0.25) is 9.59 Å². The molecule has 0 N–H and O–H groups in total. The summed E-state index contributed by atoms with van der Waals surface area (Å²) in [7, 11) is 0. The lowest BCUT2D eigenvalue weighted by Crippen LogP contribution is -2.51. The zero-order valence-corrected chi connectivity index (χ0v) is 17.0. The van der Waals surface area contributed by atoms with Gasteiger partial charge in [0.25, 0.3) is 5.91 Å². The lowest BCUT2D eigenvalue weighted by molar-refractivity contribution is -0.133. The number of nitrogens with zero attached hydrogens (tertiary/aromatic N) is 2. The number of aryl methyl sites for hydroxylation is 1. The first kappa shape index (κ1) is 18.8. The van der Waals surface area contributed by atoms with Gasteiger partial charge in [0, 0.05) is 31.1 Å². The van der Waals surface area contributed by atoms with Gasteiger partial charge in [-0.05, 0) is 43.7 Å². The summed E-state index contributed by atoms with van der Waals surface area (Å²) in [4.78, 5) is 31.1. The van der Waals surface area contributed by atoms with Crippen molar-refractivity contribution >= 4 is 23.2 Å². The summed E-state index contributed by atoms with van der Waals surface area (Å²) in [5, 5.41) is 0. The number of thiophene rings is 1. The van der Waals surface area contributed by atoms with Crippen LogP contribution in [0, 0.1) is 6.92 Å². The minimum Gasteiger partial charge on any atom is -0.486 e. The summed E-state index contributed by atoms with van der Waals surface area (Å²) in [5.41, 5.74) is 0.918. The van der Waals surface area contributed by atoms with Crippen molar-refractivity contribution in [2.45, 2.75) is 19.8 Å². The predicted octanol–water partition coefficient (Wildman–Crippen LogP) is 2.92. The van der Waals surface area contributed by atoms with Gasteiger partial charge in [-0.2, -0.15) is 0 Å². The molecule has 1 fully saturated rings. The van der Waals surface area contributed by atoms with Crippen LogP contribution in [0.25, 0.3) is 0 Å². The van der Waals surface area contributed by atoms with E-state index >= 15 is 0 Å². The van der Waals surface area contributed by atoms with Crippen LogP contribution in [0.15, 0.2) is 30.3 Å². The van der Waals surface area contributed by atoms with Gasteiger partial charge < -0.3 is 19.3 Å². The van der Waals surface area contributed by atoms with E-state index in [9.17, 15) is 9.59 Å². The molecule has 28 heavy (non-hydrogen) atoms. The average Bonchev–Trinajstić information content (AvgIpc) is 3.18. The standard InChI is InChI=1S/C21H24N2O4S/c1-14-3-6-19(28-14)21(25)23-9-7-22(8-10-23)20(24)15(2)16-4-5-17-18(13-16)27-12-11-26-17/h3-6,13,15H,7-12H2,1-2H3. The molecule has 4 rings (SSSR count). The molecule has 2 aliphatic heterocycles.